The Bertz CT molecular complexity index is 935. The summed E-state index contributed by atoms with van der Waals surface area (Å²) < 4.78 is 44.0. The third-order valence-electron chi connectivity index (χ3n) is 6.05. The molecule has 1 aliphatic heterocycles. The lowest BCUT2D eigenvalue weighted by molar-refractivity contribution is -0.138. The van der Waals surface area contributed by atoms with Crippen LogP contribution in [0.4, 0.5) is 19.1 Å². The minimum atomic E-state index is -4.42. The Morgan fingerprint density at radius 1 is 1.18 bits per heavy atom. The Balaban J connectivity index is 1.41. The van der Waals surface area contributed by atoms with Gasteiger partial charge in [0.1, 0.15) is 5.75 Å². The fourth-order valence-electron chi connectivity index (χ4n) is 4.25. The fraction of sp³-hybridized carbons (Fsp3) is 0.542. The van der Waals surface area contributed by atoms with Gasteiger partial charge in [0.15, 0.2) is 0 Å². The first-order valence-corrected chi connectivity index (χ1v) is 11.6. The molecule has 1 aromatic carbocycles. The number of aryl methyl sites for hydroxylation is 2. The lowest BCUT2D eigenvalue weighted by atomic mass is 9.92. The highest BCUT2D eigenvalue weighted by Gasteiger charge is 2.32. The summed E-state index contributed by atoms with van der Waals surface area (Å²) in [6.07, 6.45) is 1.05. The van der Waals surface area contributed by atoms with Crippen LogP contribution in [0, 0.1) is 19.8 Å². The minimum absolute atomic E-state index is 0.125. The number of piperidine rings is 1. The highest BCUT2D eigenvalue weighted by Crippen LogP contribution is 2.29. The van der Waals surface area contributed by atoms with Crippen LogP contribution in [0.3, 0.4) is 0 Å². The number of rotatable bonds is 9. The van der Waals surface area contributed by atoms with E-state index in [0.717, 1.165) is 68.0 Å². The van der Waals surface area contributed by atoms with Crippen LogP contribution in [-0.4, -0.2) is 48.7 Å². The number of carbonyl (C=O) groups is 1. The van der Waals surface area contributed by atoms with Crippen LogP contribution in [0.5, 0.6) is 5.75 Å². The van der Waals surface area contributed by atoms with Crippen LogP contribution in [0.25, 0.3) is 0 Å². The molecule has 7 nitrogen and oxygen atoms in total. The van der Waals surface area contributed by atoms with E-state index in [-0.39, 0.29) is 5.91 Å². The quantitative estimate of drug-likeness (QED) is 0.531. The Hall–Kier alpha value is -2.88. The predicted molar refractivity (Wildman–Crippen MR) is 124 cm³/mol. The van der Waals surface area contributed by atoms with Crippen molar-refractivity contribution in [1.82, 2.24) is 15.3 Å². The zero-order chi connectivity index (χ0) is 24.7. The van der Waals surface area contributed by atoms with Crippen LogP contribution in [0.1, 0.15) is 52.7 Å². The number of anilines is 1. The number of nitrogens with zero attached hydrogens (tertiary/aromatic N) is 3. The second kappa shape index (κ2) is 11.5. The molecule has 0 unspecified atom stereocenters. The predicted octanol–water partition coefficient (Wildman–Crippen LogP) is 3.88. The first-order chi connectivity index (χ1) is 16.2. The van der Waals surface area contributed by atoms with Crippen LogP contribution in [-0.2, 0) is 6.18 Å². The van der Waals surface area contributed by atoms with Crippen molar-refractivity contribution in [2.24, 2.45) is 11.7 Å². The van der Waals surface area contributed by atoms with Gasteiger partial charge in [-0.25, -0.2) is 9.97 Å². The number of hydrogen-bond acceptors (Lipinski definition) is 6. The van der Waals surface area contributed by atoms with Gasteiger partial charge in [-0.05, 0) is 68.7 Å². The maximum absolute atomic E-state index is 12.7. The first kappa shape index (κ1) is 25.7. The summed E-state index contributed by atoms with van der Waals surface area (Å²) in [5.74, 6) is 1.51. The van der Waals surface area contributed by atoms with Crippen molar-refractivity contribution in [1.29, 1.82) is 0 Å². The number of benzene rings is 1. The van der Waals surface area contributed by atoms with E-state index in [1.807, 2.05) is 30.9 Å². The Morgan fingerprint density at radius 2 is 1.79 bits per heavy atom. The fourth-order valence-corrected chi connectivity index (χ4v) is 4.25. The molecule has 34 heavy (non-hydrogen) atoms. The molecule has 0 radical (unpaired) electrons. The molecule has 1 aromatic heterocycles. The molecule has 1 fully saturated rings. The van der Waals surface area contributed by atoms with Crippen molar-refractivity contribution in [2.75, 3.05) is 37.7 Å². The lowest BCUT2D eigenvalue weighted by Crippen LogP contribution is -2.35. The molecule has 3 N–H and O–H groups in total. The molecule has 2 aromatic rings. The van der Waals surface area contributed by atoms with Gasteiger partial charge in [0.25, 0.3) is 5.91 Å². The van der Waals surface area contributed by atoms with E-state index in [9.17, 15) is 18.0 Å². The van der Waals surface area contributed by atoms with Gasteiger partial charge in [-0.2, -0.15) is 13.2 Å². The van der Waals surface area contributed by atoms with E-state index in [1.165, 1.54) is 0 Å². The lowest BCUT2D eigenvalue weighted by Gasteiger charge is -2.32. The summed E-state index contributed by atoms with van der Waals surface area (Å²) in [5, 5.41) is 2.80. The van der Waals surface area contributed by atoms with Crippen molar-refractivity contribution < 1.29 is 22.7 Å². The minimum Gasteiger partial charge on any atom is -0.494 e. The topological polar surface area (TPSA) is 93.4 Å². The molecule has 0 saturated carbocycles. The van der Waals surface area contributed by atoms with Gasteiger partial charge in [-0.15, -0.1) is 0 Å². The summed E-state index contributed by atoms with van der Waals surface area (Å²) in [6, 6.07) is 3.76. The third-order valence-corrected chi connectivity index (χ3v) is 6.05. The first-order valence-electron chi connectivity index (χ1n) is 11.6. The van der Waals surface area contributed by atoms with E-state index in [1.54, 1.807) is 0 Å². The van der Waals surface area contributed by atoms with Crippen LogP contribution in [0.2, 0.25) is 0 Å². The third kappa shape index (κ3) is 6.82. The number of carbonyl (C=O) groups excluding carboxylic acids is 1. The number of hydrogen-bond donors (Lipinski definition) is 2. The van der Waals surface area contributed by atoms with Crippen LogP contribution >= 0.6 is 0 Å². The molecule has 0 aliphatic carbocycles. The second-order valence-corrected chi connectivity index (χ2v) is 8.67. The molecule has 0 bridgehead atoms. The Morgan fingerprint density at radius 3 is 2.35 bits per heavy atom. The summed E-state index contributed by atoms with van der Waals surface area (Å²) >= 11 is 0. The van der Waals surface area contributed by atoms with Crippen molar-refractivity contribution in [2.45, 2.75) is 45.7 Å². The Labute approximate surface area is 197 Å². The summed E-state index contributed by atoms with van der Waals surface area (Å²) in [5.41, 5.74) is 7.00. The highest BCUT2D eigenvalue weighted by atomic mass is 19.4. The van der Waals surface area contributed by atoms with E-state index in [2.05, 4.69) is 15.3 Å². The molecule has 0 atom stereocenters. The number of amides is 1. The largest absolute Gasteiger partial charge is 0.494 e. The second-order valence-electron chi connectivity index (χ2n) is 8.67. The zero-order valence-corrected chi connectivity index (χ0v) is 19.6. The van der Waals surface area contributed by atoms with Crippen molar-refractivity contribution in [3.8, 4) is 5.75 Å². The van der Waals surface area contributed by atoms with Gasteiger partial charge in [-0.1, -0.05) is 0 Å². The number of nitrogens with one attached hydrogen (secondary N) is 1. The van der Waals surface area contributed by atoms with E-state index in [0.29, 0.717) is 37.1 Å². The number of halogens is 3. The Kier molecular flexibility index (Phi) is 8.71. The molecule has 1 amide bonds. The average Bonchev–Trinajstić information content (AvgIpc) is 2.80. The van der Waals surface area contributed by atoms with Gasteiger partial charge in [0.2, 0.25) is 5.95 Å². The van der Waals surface area contributed by atoms with E-state index < -0.39 is 11.7 Å². The van der Waals surface area contributed by atoms with Crippen molar-refractivity contribution in [3.63, 3.8) is 0 Å². The molecule has 3 rings (SSSR count). The van der Waals surface area contributed by atoms with Crippen LogP contribution < -0.4 is 20.7 Å². The maximum atomic E-state index is 12.7. The maximum Gasteiger partial charge on any atom is 0.419 e. The van der Waals surface area contributed by atoms with Gasteiger partial charge in [0.05, 0.1) is 12.2 Å². The summed E-state index contributed by atoms with van der Waals surface area (Å²) in [7, 11) is 0. The normalized spacial score (nSPS) is 14.8. The standard InChI is InChI=1S/C24H32F3N5O2/c1-16-12-20(13-17(2)21(16)22(33)29-8-7-28)34-11-3-4-18-5-9-32(10-6-18)23-30-14-19(15-31-23)24(25,26)27/h12-15,18H,3-11,28H2,1-2H3,(H,29,33). The number of alkyl halides is 3. The highest BCUT2D eigenvalue weighted by molar-refractivity contribution is 5.97. The average molecular weight is 480 g/mol. The molecular formula is C24H32F3N5O2. The molecule has 186 valence electrons. The van der Waals surface area contributed by atoms with Gasteiger partial charge < -0.3 is 20.7 Å². The van der Waals surface area contributed by atoms with E-state index >= 15 is 0 Å². The van der Waals surface area contributed by atoms with Crippen LogP contribution in [0.15, 0.2) is 24.5 Å². The van der Waals surface area contributed by atoms with Gasteiger partial charge >= 0.3 is 6.18 Å². The zero-order valence-electron chi connectivity index (χ0n) is 19.6. The number of aromatic nitrogens is 2. The number of nitrogens with two attached hydrogens (primary N) is 1. The molecule has 0 spiro atoms. The molecule has 2 heterocycles. The molecular weight excluding hydrogens is 447 g/mol. The summed E-state index contributed by atoms with van der Waals surface area (Å²) in [6.45, 7) is 6.65. The van der Waals surface area contributed by atoms with E-state index in [4.69, 9.17) is 10.5 Å². The molecule has 1 saturated heterocycles. The molecule has 10 heteroatoms. The van der Waals surface area contributed by atoms with Gasteiger partial charge in [-0.3, -0.25) is 4.79 Å². The van der Waals surface area contributed by atoms with Crippen molar-refractivity contribution >= 4 is 11.9 Å². The van der Waals surface area contributed by atoms with Crippen molar-refractivity contribution in [3.05, 3.63) is 46.8 Å². The SMILES string of the molecule is Cc1cc(OCCCC2CCN(c3ncc(C(F)(F)F)cn3)CC2)cc(C)c1C(=O)NCCN. The summed E-state index contributed by atoms with van der Waals surface area (Å²) in [4.78, 5) is 22.0. The smallest absolute Gasteiger partial charge is 0.419 e. The monoisotopic (exact) mass is 479 g/mol. The molecule has 1 aliphatic rings. The van der Waals surface area contributed by atoms with Gasteiger partial charge in [0, 0.05) is 44.1 Å². The number of ether oxygens (including phenoxy) is 1.